The number of nitrogens with one attached hydrogen (secondary N) is 1. The molecule has 4 rings (SSSR count). The lowest BCUT2D eigenvalue weighted by Crippen LogP contribution is -2.43. The number of hydrogen-bond donors (Lipinski definition) is 1. The molecule has 1 saturated heterocycles. The predicted octanol–water partition coefficient (Wildman–Crippen LogP) is 3.34. The molecule has 1 aromatic rings. The quantitative estimate of drug-likeness (QED) is 0.863. The molecule has 0 bridgehead atoms. The van der Waals surface area contributed by atoms with E-state index in [0.717, 1.165) is 45.3 Å². The SMILES string of the molecule is CC(C)(C)OC(=O)N1CCC2(CC1)CC2CNC(=O)[C@H]1CC1c1cccnc1. The van der Waals surface area contributed by atoms with Gasteiger partial charge in [-0.2, -0.15) is 0 Å². The first-order valence-electron chi connectivity index (χ1n) is 10.4. The van der Waals surface area contributed by atoms with Crippen molar-refractivity contribution < 1.29 is 14.3 Å². The van der Waals surface area contributed by atoms with Crippen LogP contribution in [-0.2, 0) is 9.53 Å². The van der Waals surface area contributed by atoms with Crippen LogP contribution in [0.5, 0.6) is 0 Å². The van der Waals surface area contributed by atoms with Crippen LogP contribution in [0.4, 0.5) is 4.79 Å². The van der Waals surface area contributed by atoms with Gasteiger partial charge in [0.05, 0.1) is 0 Å². The van der Waals surface area contributed by atoms with E-state index in [1.807, 2.05) is 37.9 Å². The van der Waals surface area contributed by atoms with Gasteiger partial charge in [-0.1, -0.05) is 6.07 Å². The van der Waals surface area contributed by atoms with E-state index in [0.29, 0.717) is 17.3 Å². The number of aromatic nitrogens is 1. The summed E-state index contributed by atoms with van der Waals surface area (Å²) in [7, 11) is 0. The van der Waals surface area contributed by atoms with Crippen molar-refractivity contribution in [1.29, 1.82) is 0 Å². The van der Waals surface area contributed by atoms with Crippen LogP contribution >= 0.6 is 0 Å². The average molecular weight is 386 g/mol. The molecule has 2 heterocycles. The van der Waals surface area contributed by atoms with E-state index < -0.39 is 5.60 Å². The molecule has 6 heteroatoms. The van der Waals surface area contributed by atoms with Crippen LogP contribution in [-0.4, -0.2) is 47.1 Å². The zero-order valence-corrected chi connectivity index (χ0v) is 17.1. The van der Waals surface area contributed by atoms with E-state index in [9.17, 15) is 9.59 Å². The molecule has 2 aliphatic carbocycles. The van der Waals surface area contributed by atoms with Gasteiger partial charge < -0.3 is 15.0 Å². The standard InChI is InChI=1S/C22H31N3O3/c1-21(2,3)28-20(27)25-9-6-22(7-10-25)12-16(22)14-24-19(26)18-11-17(18)15-5-4-8-23-13-15/h4-5,8,13,16-18H,6-7,9-12,14H2,1-3H3,(H,24,26)/t16?,17?,18-/m0/s1. The molecule has 3 fully saturated rings. The van der Waals surface area contributed by atoms with Crippen LogP contribution in [0, 0.1) is 17.3 Å². The summed E-state index contributed by atoms with van der Waals surface area (Å²) in [5.41, 5.74) is 1.03. The van der Waals surface area contributed by atoms with Crippen LogP contribution in [0.1, 0.15) is 57.9 Å². The second-order valence-corrected chi connectivity index (χ2v) is 9.71. The average Bonchev–Trinajstić information content (AvgIpc) is 3.56. The van der Waals surface area contributed by atoms with Gasteiger partial charge in [-0.15, -0.1) is 0 Å². The number of pyridine rings is 1. The second kappa shape index (κ2) is 7.05. The Hall–Kier alpha value is -2.11. The first kappa shape index (κ1) is 19.2. The molecule has 3 aliphatic rings. The summed E-state index contributed by atoms with van der Waals surface area (Å²) in [5.74, 6) is 1.17. The van der Waals surface area contributed by atoms with Crippen molar-refractivity contribution in [3.8, 4) is 0 Å². The number of ether oxygens (including phenoxy) is 1. The van der Waals surface area contributed by atoms with Gasteiger partial charge in [0, 0.05) is 37.9 Å². The summed E-state index contributed by atoms with van der Waals surface area (Å²) in [5, 5.41) is 3.18. The fraction of sp³-hybridized carbons (Fsp3) is 0.682. The van der Waals surface area contributed by atoms with Crippen molar-refractivity contribution in [1.82, 2.24) is 15.2 Å². The van der Waals surface area contributed by atoms with Gasteiger partial charge in [0.1, 0.15) is 5.60 Å². The number of nitrogens with zero attached hydrogens (tertiary/aromatic N) is 2. The molecule has 2 amide bonds. The minimum Gasteiger partial charge on any atom is -0.444 e. The molecule has 2 saturated carbocycles. The molecule has 1 aliphatic heterocycles. The zero-order valence-electron chi connectivity index (χ0n) is 17.1. The molecule has 3 atom stereocenters. The number of likely N-dealkylation sites (tertiary alicyclic amines) is 1. The highest BCUT2D eigenvalue weighted by atomic mass is 16.6. The molecule has 1 N–H and O–H groups in total. The van der Waals surface area contributed by atoms with Crippen molar-refractivity contribution in [2.75, 3.05) is 19.6 Å². The Labute approximate surface area is 167 Å². The maximum absolute atomic E-state index is 12.5. The van der Waals surface area contributed by atoms with Crippen molar-refractivity contribution >= 4 is 12.0 Å². The van der Waals surface area contributed by atoms with E-state index in [-0.39, 0.29) is 17.9 Å². The monoisotopic (exact) mass is 385 g/mol. The molecular formula is C22H31N3O3. The van der Waals surface area contributed by atoms with E-state index in [1.165, 1.54) is 5.56 Å². The van der Waals surface area contributed by atoms with Crippen molar-refractivity contribution in [2.24, 2.45) is 17.3 Å². The number of amides is 2. The van der Waals surface area contributed by atoms with Gasteiger partial charge in [0.25, 0.3) is 0 Å². The normalized spacial score (nSPS) is 28.0. The third-order valence-electron chi connectivity index (χ3n) is 6.53. The highest BCUT2D eigenvalue weighted by Gasteiger charge is 2.55. The van der Waals surface area contributed by atoms with Gasteiger partial charge in [0.2, 0.25) is 5.91 Å². The van der Waals surface area contributed by atoms with E-state index in [4.69, 9.17) is 4.74 Å². The van der Waals surface area contributed by atoms with Crippen LogP contribution in [0.25, 0.3) is 0 Å². The van der Waals surface area contributed by atoms with Crippen LogP contribution in [0.2, 0.25) is 0 Å². The Morgan fingerprint density at radius 2 is 2.07 bits per heavy atom. The summed E-state index contributed by atoms with van der Waals surface area (Å²) in [6.45, 7) is 7.97. The van der Waals surface area contributed by atoms with Gasteiger partial charge in [-0.05, 0) is 75.3 Å². The Bertz CT molecular complexity index is 735. The Morgan fingerprint density at radius 1 is 1.32 bits per heavy atom. The third-order valence-corrected chi connectivity index (χ3v) is 6.53. The molecule has 0 aromatic carbocycles. The molecular weight excluding hydrogens is 354 g/mol. The van der Waals surface area contributed by atoms with Gasteiger partial charge in [0.15, 0.2) is 0 Å². The topological polar surface area (TPSA) is 71.5 Å². The lowest BCUT2D eigenvalue weighted by Gasteiger charge is -2.34. The number of hydrogen-bond acceptors (Lipinski definition) is 4. The summed E-state index contributed by atoms with van der Waals surface area (Å²) < 4.78 is 5.48. The van der Waals surface area contributed by atoms with Gasteiger partial charge in [-0.25, -0.2) is 4.79 Å². The van der Waals surface area contributed by atoms with Crippen LogP contribution < -0.4 is 5.32 Å². The highest BCUT2D eigenvalue weighted by molar-refractivity contribution is 5.82. The fourth-order valence-corrected chi connectivity index (χ4v) is 4.60. The molecule has 2 unspecified atom stereocenters. The second-order valence-electron chi connectivity index (χ2n) is 9.71. The minimum atomic E-state index is -0.449. The summed E-state index contributed by atoms with van der Waals surface area (Å²) in [6.07, 6.45) is 7.53. The number of carbonyl (C=O) groups excluding carboxylic acids is 2. The molecule has 28 heavy (non-hydrogen) atoms. The molecule has 1 spiro atoms. The van der Waals surface area contributed by atoms with Crippen molar-refractivity contribution in [2.45, 2.75) is 58.0 Å². The van der Waals surface area contributed by atoms with Gasteiger partial charge in [-0.3, -0.25) is 9.78 Å². The molecule has 6 nitrogen and oxygen atoms in total. The largest absolute Gasteiger partial charge is 0.444 e. The zero-order chi connectivity index (χ0) is 19.9. The first-order chi connectivity index (χ1) is 13.3. The predicted molar refractivity (Wildman–Crippen MR) is 106 cm³/mol. The lowest BCUT2D eigenvalue weighted by molar-refractivity contribution is -0.122. The molecule has 0 radical (unpaired) electrons. The number of carbonyl (C=O) groups is 2. The molecule has 152 valence electrons. The van der Waals surface area contributed by atoms with Crippen LogP contribution in [0.3, 0.4) is 0 Å². The van der Waals surface area contributed by atoms with Crippen molar-refractivity contribution in [3.05, 3.63) is 30.1 Å². The van der Waals surface area contributed by atoms with Crippen molar-refractivity contribution in [3.63, 3.8) is 0 Å². The van der Waals surface area contributed by atoms with Crippen LogP contribution in [0.15, 0.2) is 24.5 Å². The Kier molecular flexibility index (Phi) is 4.84. The number of piperidine rings is 1. The maximum atomic E-state index is 12.5. The smallest absolute Gasteiger partial charge is 0.410 e. The lowest BCUT2D eigenvalue weighted by atomic mass is 9.91. The van der Waals surface area contributed by atoms with E-state index >= 15 is 0 Å². The summed E-state index contributed by atoms with van der Waals surface area (Å²) in [4.78, 5) is 30.7. The number of rotatable bonds is 4. The minimum absolute atomic E-state index is 0.105. The summed E-state index contributed by atoms with van der Waals surface area (Å²) in [6, 6.07) is 3.99. The summed E-state index contributed by atoms with van der Waals surface area (Å²) >= 11 is 0. The van der Waals surface area contributed by atoms with Gasteiger partial charge >= 0.3 is 6.09 Å². The maximum Gasteiger partial charge on any atom is 0.410 e. The van der Waals surface area contributed by atoms with E-state index in [1.54, 1.807) is 6.20 Å². The first-order valence-corrected chi connectivity index (χ1v) is 10.4. The Morgan fingerprint density at radius 3 is 2.71 bits per heavy atom. The molecule has 1 aromatic heterocycles. The Balaban J connectivity index is 1.19. The third kappa shape index (κ3) is 4.15. The highest BCUT2D eigenvalue weighted by Crippen LogP contribution is 2.59. The van der Waals surface area contributed by atoms with E-state index in [2.05, 4.69) is 16.4 Å². The fourth-order valence-electron chi connectivity index (χ4n) is 4.60.